The van der Waals surface area contributed by atoms with Gasteiger partial charge in [-0.05, 0) is 31.2 Å². The molecule has 0 aliphatic carbocycles. The minimum absolute atomic E-state index is 0.0598. The highest BCUT2D eigenvalue weighted by atomic mass is 35.5. The topological polar surface area (TPSA) is 55.4 Å². The molecule has 0 aliphatic heterocycles. The van der Waals surface area contributed by atoms with Crippen LogP contribution in [-0.4, -0.2) is 20.2 Å². The fourth-order valence-electron chi connectivity index (χ4n) is 1.75. The lowest BCUT2D eigenvalue weighted by molar-refractivity contribution is -0.198. The standard InChI is InChI=1S/C15H13ClF3NO3S/c1-10-6-8-11(9-7-10)24(21,22)20-12-4-2-3-5-13(12)23-15(18,19)14(16)17/h2-9,14,20H,1H3/t14-/m0/s1. The van der Waals surface area contributed by atoms with E-state index in [1.807, 2.05) is 0 Å². The van der Waals surface area contributed by atoms with Crippen molar-refractivity contribution in [2.24, 2.45) is 0 Å². The molecule has 0 aromatic heterocycles. The van der Waals surface area contributed by atoms with Crippen LogP contribution in [0.15, 0.2) is 53.4 Å². The number of ether oxygens (including phenoxy) is 1. The molecule has 1 N–H and O–H groups in total. The van der Waals surface area contributed by atoms with Crippen LogP contribution in [0.2, 0.25) is 0 Å². The number of hydrogen-bond donors (Lipinski definition) is 1. The Kier molecular flexibility index (Phi) is 5.29. The Morgan fingerprint density at radius 3 is 2.29 bits per heavy atom. The van der Waals surface area contributed by atoms with E-state index in [0.29, 0.717) is 0 Å². The summed E-state index contributed by atoms with van der Waals surface area (Å²) in [4.78, 5) is -0.0598. The molecule has 130 valence electrons. The van der Waals surface area contributed by atoms with Gasteiger partial charge in [-0.3, -0.25) is 4.72 Å². The summed E-state index contributed by atoms with van der Waals surface area (Å²) in [5.41, 5.74) is -2.50. The summed E-state index contributed by atoms with van der Waals surface area (Å²) in [6.45, 7) is 1.79. The number of alkyl halides is 4. The summed E-state index contributed by atoms with van der Waals surface area (Å²) < 4.78 is 70.3. The number of halogens is 4. The Hall–Kier alpha value is -1.93. The van der Waals surface area contributed by atoms with Crippen molar-refractivity contribution >= 4 is 27.3 Å². The lowest BCUT2D eigenvalue weighted by Crippen LogP contribution is -2.33. The van der Waals surface area contributed by atoms with Gasteiger partial charge in [-0.15, -0.1) is 0 Å². The van der Waals surface area contributed by atoms with Crippen LogP contribution < -0.4 is 9.46 Å². The zero-order valence-corrected chi connectivity index (χ0v) is 13.9. The van der Waals surface area contributed by atoms with Crippen molar-refractivity contribution in [2.45, 2.75) is 23.6 Å². The normalized spacial score (nSPS) is 13.4. The van der Waals surface area contributed by atoms with Gasteiger partial charge in [-0.25, -0.2) is 12.8 Å². The average Bonchev–Trinajstić information content (AvgIpc) is 2.49. The second kappa shape index (κ2) is 6.90. The Balaban J connectivity index is 2.32. The van der Waals surface area contributed by atoms with Gasteiger partial charge in [0.15, 0.2) is 5.75 Å². The van der Waals surface area contributed by atoms with E-state index < -0.39 is 27.5 Å². The summed E-state index contributed by atoms with van der Waals surface area (Å²) in [7, 11) is -4.03. The summed E-state index contributed by atoms with van der Waals surface area (Å²) in [5.74, 6) is -0.554. The number of anilines is 1. The Labute approximate surface area is 142 Å². The number of hydrogen-bond acceptors (Lipinski definition) is 3. The summed E-state index contributed by atoms with van der Waals surface area (Å²) in [6, 6.07) is 10.9. The molecule has 0 saturated heterocycles. The maximum absolute atomic E-state index is 13.3. The lowest BCUT2D eigenvalue weighted by atomic mass is 10.2. The molecular weight excluding hydrogens is 367 g/mol. The van der Waals surface area contributed by atoms with Crippen molar-refractivity contribution in [3.05, 3.63) is 54.1 Å². The fraction of sp³-hybridized carbons (Fsp3) is 0.200. The van der Waals surface area contributed by atoms with Crippen molar-refractivity contribution in [1.82, 2.24) is 0 Å². The molecule has 0 unspecified atom stereocenters. The van der Waals surface area contributed by atoms with E-state index in [1.165, 1.54) is 30.3 Å². The van der Waals surface area contributed by atoms with Crippen LogP contribution in [0.4, 0.5) is 18.9 Å². The minimum atomic E-state index is -4.31. The van der Waals surface area contributed by atoms with Crippen LogP contribution in [-0.2, 0) is 10.0 Å². The number of para-hydroxylation sites is 2. The van der Waals surface area contributed by atoms with Crippen LogP contribution in [0.3, 0.4) is 0 Å². The SMILES string of the molecule is Cc1ccc(S(=O)(=O)Nc2ccccc2OC(F)(F)[C@H](F)Cl)cc1. The highest BCUT2D eigenvalue weighted by Gasteiger charge is 2.42. The molecule has 24 heavy (non-hydrogen) atoms. The monoisotopic (exact) mass is 379 g/mol. The van der Waals surface area contributed by atoms with E-state index in [9.17, 15) is 21.6 Å². The second-order valence-corrected chi connectivity index (χ2v) is 6.94. The van der Waals surface area contributed by atoms with Gasteiger partial charge in [0.05, 0.1) is 10.6 Å². The smallest absolute Gasteiger partial charge is 0.427 e. The van der Waals surface area contributed by atoms with Crippen LogP contribution in [0.25, 0.3) is 0 Å². The van der Waals surface area contributed by atoms with Crippen LogP contribution in [0.1, 0.15) is 5.56 Å². The molecule has 0 spiro atoms. The molecular formula is C15H13ClF3NO3S. The van der Waals surface area contributed by atoms with E-state index in [4.69, 9.17) is 11.6 Å². The highest BCUT2D eigenvalue weighted by Crippen LogP contribution is 2.34. The van der Waals surface area contributed by atoms with Crippen molar-refractivity contribution < 1.29 is 26.3 Å². The molecule has 9 heteroatoms. The van der Waals surface area contributed by atoms with Gasteiger partial charge >= 0.3 is 6.11 Å². The third-order valence-electron chi connectivity index (χ3n) is 2.96. The first-order chi connectivity index (χ1) is 11.1. The zero-order chi connectivity index (χ0) is 18.0. The van der Waals surface area contributed by atoms with E-state index in [1.54, 1.807) is 19.1 Å². The minimum Gasteiger partial charge on any atom is -0.427 e. The average molecular weight is 380 g/mol. The van der Waals surface area contributed by atoms with Gasteiger partial charge in [-0.1, -0.05) is 41.4 Å². The van der Waals surface area contributed by atoms with Gasteiger partial charge in [-0.2, -0.15) is 8.78 Å². The molecule has 0 saturated carbocycles. The molecule has 0 aliphatic rings. The van der Waals surface area contributed by atoms with E-state index in [-0.39, 0.29) is 10.6 Å². The lowest BCUT2D eigenvalue weighted by Gasteiger charge is -2.20. The van der Waals surface area contributed by atoms with Gasteiger partial charge in [0.1, 0.15) is 0 Å². The molecule has 2 aromatic rings. The molecule has 0 heterocycles. The number of rotatable bonds is 6. The first-order valence-corrected chi connectivity index (χ1v) is 8.57. The maximum Gasteiger partial charge on any atom is 0.444 e. The van der Waals surface area contributed by atoms with E-state index in [2.05, 4.69) is 9.46 Å². The molecule has 2 aromatic carbocycles. The highest BCUT2D eigenvalue weighted by molar-refractivity contribution is 7.92. The quantitative estimate of drug-likeness (QED) is 0.761. The molecule has 0 radical (unpaired) electrons. The first-order valence-electron chi connectivity index (χ1n) is 6.65. The van der Waals surface area contributed by atoms with Crippen LogP contribution in [0, 0.1) is 6.92 Å². The van der Waals surface area contributed by atoms with Crippen molar-refractivity contribution in [2.75, 3.05) is 4.72 Å². The molecule has 2 rings (SSSR count). The van der Waals surface area contributed by atoms with Crippen LogP contribution >= 0.6 is 11.6 Å². The molecule has 0 fully saturated rings. The van der Waals surface area contributed by atoms with E-state index >= 15 is 0 Å². The third-order valence-corrected chi connectivity index (χ3v) is 4.60. The maximum atomic E-state index is 13.3. The van der Waals surface area contributed by atoms with Crippen LogP contribution in [0.5, 0.6) is 5.75 Å². The zero-order valence-electron chi connectivity index (χ0n) is 12.3. The Bertz CT molecular complexity index is 811. The summed E-state index contributed by atoms with van der Waals surface area (Å²) in [5, 5.41) is 0. The molecule has 4 nitrogen and oxygen atoms in total. The Morgan fingerprint density at radius 1 is 1.12 bits per heavy atom. The van der Waals surface area contributed by atoms with Gasteiger partial charge in [0, 0.05) is 0 Å². The number of nitrogens with one attached hydrogen (secondary N) is 1. The molecule has 0 bridgehead atoms. The second-order valence-electron chi connectivity index (χ2n) is 4.88. The number of sulfonamides is 1. The number of benzene rings is 2. The van der Waals surface area contributed by atoms with E-state index in [0.717, 1.165) is 11.6 Å². The van der Waals surface area contributed by atoms with Crippen molar-refractivity contribution in [3.8, 4) is 5.75 Å². The molecule has 0 amide bonds. The van der Waals surface area contributed by atoms with Gasteiger partial charge < -0.3 is 4.74 Å². The molecule has 1 atom stereocenters. The largest absolute Gasteiger partial charge is 0.444 e. The predicted octanol–water partition coefficient (Wildman–Crippen LogP) is 4.30. The fourth-order valence-corrected chi connectivity index (χ4v) is 2.87. The van der Waals surface area contributed by atoms with Crippen molar-refractivity contribution in [3.63, 3.8) is 0 Å². The first kappa shape index (κ1) is 18.4. The van der Waals surface area contributed by atoms with Crippen molar-refractivity contribution in [1.29, 1.82) is 0 Å². The Morgan fingerprint density at radius 2 is 1.71 bits per heavy atom. The summed E-state index contributed by atoms with van der Waals surface area (Å²) in [6.07, 6.45) is -4.31. The number of aryl methyl sites for hydroxylation is 1. The predicted molar refractivity (Wildman–Crippen MR) is 84.8 cm³/mol. The van der Waals surface area contributed by atoms with Gasteiger partial charge in [0.25, 0.3) is 15.7 Å². The summed E-state index contributed by atoms with van der Waals surface area (Å²) >= 11 is 4.74. The third kappa shape index (κ3) is 4.33. The van der Waals surface area contributed by atoms with Gasteiger partial charge in [0.2, 0.25) is 0 Å².